The maximum Gasteiger partial charge on any atom is -0.00387 e. The molecule has 0 aromatic rings. The largest absolute Gasteiger partial charge is 0.162 e. The summed E-state index contributed by atoms with van der Waals surface area (Å²) in [4.78, 5) is 0. The Kier molecular flexibility index (Phi) is 7.59. The van der Waals surface area contributed by atoms with E-state index in [1.54, 1.807) is 64.2 Å². The van der Waals surface area contributed by atoms with Crippen molar-refractivity contribution in [2.75, 3.05) is 11.5 Å². The summed E-state index contributed by atoms with van der Waals surface area (Å²) in [5.41, 5.74) is 1.35. The van der Waals surface area contributed by atoms with E-state index in [-0.39, 0.29) is 0 Å². The lowest BCUT2D eigenvalue weighted by Crippen LogP contribution is -2.53. The molecule has 1 saturated heterocycles. The van der Waals surface area contributed by atoms with Crippen LogP contribution in [0.5, 0.6) is 0 Å². The highest BCUT2D eigenvalue weighted by Gasteiger charge is 2.60. The van der Waals surface area contributed by atoms with Gasteiger partial charge in [0.05, 0.1) is 0 Å². The average Bonchev–Trinajstić information content (AvgIpc) is 3.40. The fourth-order valence-corrected chi connectivity index (χ4v) is 12.1. The second kappa shape index (κ2) is 10.0. The summed E-state index contributed by atoms with van der Waals surface area (Å²) in [6, 6.07) is 0. The van der Waals surface area contributed by atoms with Crippen molar-refractivity contribution in [2.45, 2.75) is 125 Å². The molecule has 0 spiro atoms. The van der Waals surface area contributed by atoms with Crippen LogP contribution < -0.4 is 0 Å². The topological polar surface area (TPSA) is 0 Å². The molecule has 4 aliphatic carbocycles. The van der Waals surface area contributed by atoms with Gasteiger partial charge in [-0.3, -0.25) is 0 Å². The van der Waals surface area contributed by atoms with Gasteiger partial charge in [0.2, 0.25) is 0 Å². The zero-order valence-corrected chi connectivity index (χ0v) is 23.7. The van der Waals surface area contributed by atoms with Crippen LogP contribution in [0.15, 0.2) is 0 Å². The molecule has 0 radical (unpaired) electrons. The maximum atomic E-state index is 2.79. The Morgan fingerprint density at radius 3 is 2.33 bits per heavy atom. The van der Waals surface area contributed by atoms with E-state index < -0.39 is 0 Å². The predicted molar refractivity (Wildman–Crippen MR) is 147 cm³/mol. The zero-order chi connectivity index (χ0) is 23.2. The quantitative estimate of drug-likeness (QED) is 0.355. The van der Waals surface area contributed by atoms with Crippen LogP contribution in [0, 0.1) is 64.1 Å². The van der Waals surface area contributed by atoms with E-state index in [4.69, 9.17) is 0 Å². The normalized spacial score (nSPS) is 48.4. The van der Waals surface area contributed by atoms with Crippen LogP contribution in [0.1, 0.15) is 125 Å². The van der Waals surface area contributed by atoms with Crippen molar-refractivity contribution in [2.24, 2.45) is 64.1 Å². The highest BCUT2D eigenvalue weighted by Crippen LogP contribution is 2.68. The highest BCUT2D eigenvalue weighted by atomic mass is 32.2. The lowest BCUT2D eigenvalue weighted by Gasteiger charge is -2.61. The summed E-state index contributed by atoms with van der Waals surface area (Å²) in [7, 11) is 0. The van der Waals surface area contributed by atoms with Crippen LogP contribution in [0.2, 0.25) is 0 Å². The molecule has 0 aromatic carbocycles. The molecule has 5 aliphatic rings. The molecule has 1 heteroatoms. The van der Waals surface area contributed by atoms with E-state index in [0.29, 0.717) is 10.8 Å². The monoisotopic (exact) mass is 472 g/mol. The van der Waals surface area contributed by atoms with Crippen LogP contribution in [0.4, 0.5) is 0 Å². The summed E-state index contributed by atoms with van der Waals surface area (Å²) in [5.74, 6) is 12.1. The van der Waals surface area contributed by atoms with E-state index in [2.05, 4.69) is 46.4 Å². The molecular formula is C32H56S. The summed E-state index contributed by atoms with van der Waals surface area (Å²) in [6.45, 7) is 13.0. The van der Waals surface area contributed by atoms with Crippen molar-refractivity contribution < 1.29 is 0 Å². The predicted octanol–water partition coefficient (Wildman–Crippen LogP) is 9.87. The third-order valence-corrected chi connectivity index (χ3v) is 13.9. The SMILES string of the molecule is CC(C)CCC[C@@H](C)[C@H]1CC[C@H]2[C@@H]3CC[C@H]4C[C@@H](CC5CCSC5)CC[C@]4(C)[C@H]3CC[C@]12C. The van der Waals surface area contributed by atoms with Crippen molar-refractivity contribution >= 4 is 11.8 Å². The van der Waals surface area contributed by atoms with E-state index in [9.17, 15) is 0 Å². The Morgan fingerprint density at radius 1 is 0.788 bits per heavy atom. The van der Waals surface area contributed by atoms with Crippen LogP contribution in [0.25, 0.3) is 0 Å². The first-order chi connectivity index (χ1) is 15.8. The van der Waals surface area contributed by atoms with Crippen molar-refractivity contribution in [3.05, 3.63) is 0 Å². The van der Waals surface area contributed by atoms with Gasteiger partial charge in [0, 0.05) is 0 Å². The average molecular weight is 473 g/mol. The Balaban J connectivity index is 1.22. The van der Waals surface area contributed by atoms with Gasteiger partial charge in [0.25, 0.3) is 0 Å². The molecule has 0 bridgehead atoms. The lowest BCUT2D eigenvalue weighted by molar-refractivity contribution is -0.122. The molecule has 1 aliphatic heterocycles. The molecule has 190 valence electrons. The van der Waals surface area contributed by atoms with Gasteiger partial charge in [-0.1, -0.05) is 53.9 Å². The lowest BCUT2D eigenvalue weighted by atomic mass is 9.44. The van der Waals surface area contributed by atoms with Gasteiger partial charge in [-0.15, -0.1) is 0 Å². The maximum absolute atomic E-state index is 2.79. The number of rotatable bonds is 7. The molecule has 10 atom stereocenters. The standard InChI is InChI=1S/C32H56S/c1-22(2)7-6-8-23(3)28-11-12-29-27-10-9-26-20-24(19-25-15-18-33-21-25)13-16-31(26,4)30(27)14-17-32(28,29)5/h22-30H,6-21H2,1-5H3/t23-,24-,25?,26+,27+,28-,29+,30+,31+,32-/m1/s1. The van der Waals surface area contributed by atoms with Crippen molar-refractivity contribution in [3.8, 4) is 0 Å². The molecule has 0 nitrogen and oxygen atoms in total. The van der Waals surface area contributed by atoms with Gasteiger partial charge in [-0.05, 0) is 146 Å². The Bertz CT molecular complexity index is 649. The highest BCUT2D eigenvalue weighted by molar-refractivity contribution is 7.99. The third-order valence-electron chi connectivity index (χ3n) is 12.7. The van der Waals surface area contributed by atoms with Crippen molar-refractivity contribution in [1.29, 1.82) is 0 Å². The van der Waals surface area contributed by atoms with E-state index in [1.807, 2.05) is 0 Å². The summed E-state index contributed by atoms with van der Waals surface area (Å²) < 4.78 is 0. The van der Waals surface area contributed by atoms with Gasteiger partial charge >= 0.3 is 0 Å². The molecule has 0 aromatic heterocycles. The first-order valence-electron chi connectivity index (χ1n) is 15.4. The van der Waals surface area contributed by atoms with Crippen LogP contribution in [-0.2, 0) is 0 Å². The minimum absolute atomic E-state index is 0.666. The minimum Gasteiger partial charge on any atom is -0.162 e. The Morgan fingerprint density at radius 2 is 1.58 bits per heavy atom. The molecule has 0 N–H and O–H groups in total. The Hall–Kier alpha value is 0.350. The number of fused-ring (bicyclic) bond motifs is 5. The van der Waals surface area contributed by atoms with E-state index >= 15 is 0 Å². The first kappa shape index (κ1) is 25.0. The van der Waals surface area contributed by atoms with Crippen molar-refractivity contribution in [1.82, 2.24) is 0 Å². The van der Waals surface area contributed by atoms with Gasteiger partial charge in [0.1, 0.15) is 0 Å². The fraction of sp³-hybridized carbons (Fsp3) is 1.00. The van der Waals surface area contributed by atoms with Crippen LogP contribution in [0.3, 0.4) is 0 Å². The number of thioether (sulfide) groups is 1. The molecule has 33 heavy (non-hydrogen) atoms. The van der Waals surface area contributed by atoms with Gasteiger partial charge in [0.15, 0.2) is 0 Å². The van der Waals surface area contributed by atoms with Crippen LogP contribution in [-0.4, -0.2) is 11.5 Å². The zero-order valence-electron chi connectivity index (χ0n) is 22.9. The van der Waals surface area contributed by atoms with E-state index in [0.717, 1.165) is 53.3 Å². The summed E-state index contributed by atoms with van der Waals surface area (Å²) in [6.07, 6.45) is 21.6. The smallest absolute Gasteiger partial charge is 0.00387 e. The Labute approximate surface area is 211 Å². The minimum atomic E-state index is 0.666. The second-order valence-electron chi connectivity index (χ2n) is 14.8. The first-order valence-corrected chi connectivity index (χ1v) is 16.5. The molecule has 5 rings (SSSR count). The van der Waals surface area contributed by atoms with Crippen molar-refractivity contribution in [3.63, 3.8) is 0 Å². The summed E-state index contributed by atoms with van der Waals surface area (Å²) in [5, 5.41) is 0. The molecular weight excluding hydrogens is 416 g/mol. The van der Waals surface area contributed by atoms with Gasteiger partial charge in [-0.2, -0.15) is 11.8 Å². The van der Waals surface area contributed by atoms with Gasteiger partial charge < -0.3 is 0 Å². The second-order valence-corrected chi connectivity index (χ2v) is 15.9. The molecule has 5 fully saturated rings. The number of hydrogen-bond donors (Lipinski definition) is 0. The molecule has 4 saturated carbocycles. The van der Waals surface area contributed by atoms with Gasteiger partial charge in [-0.25, -0.2) is 0 Å². The fourth-order valence-electron chi connectivity index (χ4n) is 10.8. The van der Waals surface area contributed by atoms with Crippen LogP contribution >= 0.6 is 11.8 Å². The molecule has 1 heterocycles. The third kappa shape index (κ3) is 4.73. The summed E-state index contributed by atoms with van der Waals surface area (Å²) >= 11 is 2.22. The molecule has 1 unspecified atom stereocenters. The van der Waals surface area contributed by atoms with E-state index in [1.165, 1.54) is 37.2 Å². The molecule has 0 amide bonds. The number of hydrogen-bond acceptors (Lipinski definition) is 1.